The highest BCUT2D eigenvalue weighted by Gasteiger charge is 2.68. The Morgan fingerprint density at radius 1 is 1.18 bits per heavy atom. The van der Waals surface area contributed by atoms with Crippen molar-refractivity contribution >= 4 is 52.5 Å². The lowest BCUT2D eigenvalue weighted by atomic mass is 10.0. The number of alkyl halides is 2. The lowest BCUT2D eigenvalue weighted by Gasteiger charge is -2.34. The van der Waals surface area contributed by atoms with Gasteiger partial charge in [0, 0.05) is 42.8 Å². The first kappa shape index (κ1) is 26.8. The number of halogens is 2. The molecule has 40 heavy (non-hydrogen) atoms. The van der Waals surface area contributed by atoms with Crippen molar-refractivity contribution in [2.75, 3.05) is 18.4 Å². The van der Waals surface area contributed by atoms with Crippen LogP contribution in [-0.2, 0) is 16.1 Å². The Hall–Kier alpha value is -3.37. The van der Waals surface area contributed by atoms with Gasteiger partial charge in [-0.3, -0.25) is 28.8 Å². The summed E-state index contributed by atoms with van der Waals surface area (Å²) in [7, 11) is 0. The van der Waals surface area contributed by atoms with Crippen LogP contribution in [0, 0.1) is 5.41 Å². The summed E-state index contributed by atoms with van der Waals surface area (Å²) in [6, 6.07) is 4.39. The lowest BCUT2D eigenvalue weighted by Crippen LogP contribution is -2.51. The second-order valence-corrected chi connectivity index (χ2v) is 12.8. The SMILES string of the molecule is C=C1CCC(N2C(=O)c3cccc(NCc4cnn(C5CCN(C(=O)[C@@]6(C)CC6(Cl)Cl)CC5)c4)c3C2=O)C(=O)N1. The first-order valence-electron chi connectivity index (χ1n) is 13.4. The number of nitrogens with one attached hydrogen (secondary N) is 2. The highest BCUT2D eigenvalue weighted by atomic mass is 35.5. The van der Waals surface area contributed by atoms with Crippen LogP contribution in [0.25, 0.3) is 0 Å². The maximum Gasteiger partial charge on any atom is 0.264 e. The van der Waals surface area contributed by atoms with Gasteiger partial charge in [0.2, 0.25) is 11.8 Å². The van der Waals surface area contributed by atoms with Gasteiger partial charge < -0.3 is 15.5 Å². The first-order chi connectivity index (χ1) is 19.0. The lowest BCUT2D eigenvalue weighted by molar-refractivity contribution is -0.137. The standard InChI is InChI=1S/C28H30Cl2N6O4/c1-16-6-7-21(23(37)33-16)36-24(38)19-4-3-5-20(22(19)25(36)39)31-12-17-13-32-35(14-17)18-8-10-34(11-9-18)26(40)27(2)15-28(27,29)30/h3-5,13-14,18,21,31H,1,6-12,15H2,2H3,(H,33,37)/t21?,27-/m1/s1. The number of hydrogen-bond acceptors (Lipinski definition) is 6. The van der Waals surface area contributed by atoms with Crippen molar-refractivity contribution in [1.29, 1.82) is 0 Å². The van der Waals surface area contributed by atoms with Gasteiger partial charge >= 0.3 is 0 Å². The van der Waals surface area contributed by atoms with E-state index in [4.69, 9.17) is 23.2 Å². The van der Waals surface area contributed by atoms with Crippen LogP contribution in [-0.4, -0.2) is 66.7 Å². The molecule has 0 spiro atoms. The highest BCUT2D eigenvalue weighted by Crippen LogP contribution is 2.64. The second-order valence-electron chi connectivity index (χ2n) is 11.3. The van der Waals surface area contributed by atoms with Gasteiger partial charge in [-0.25, -0.2) is 0 Å². The van der Waals surface area contributed by atoms with Gasteiger partial charge in [0.05, 0.1) is 28.8 Å². The molecule has 0 bridgehead atoms. The van der Waals surface area contributed by atoms with Gasteiger partial charge in [-0.05, 0) is 51.2 Å². The van der Waals surface area contributed by atoms with Crippen LogP contribution in [0.3, 0.4) is 0 Å². The maximum absolute atomic E-state index is 13.4. The van der Waals surface area contributed by atoms with Gasteiger partial charge in [-0.2, -0.15) is 5.10 Å². The van der Waals surface area contributed by atoms with Gasteiger partial charge in [0.25, 0.3) is 11.8 Å². The molecule has 210 valence electrons. The smallest absolute Gasteiger partial charge is 0.264 e. The van der Waals surface area contributed by atoms with E-state index < -0.39 is 33.5 Å². The van der Waals surface area contributed by atoms with Crippen LogP contribution < -0.4 is 10.6 Å². The molecule has 2 atom stereocenters. The predicted octanol–water partition coefficient (Wildman–Crippen LogP) is 3.63. The molecular weight excluding hydrogens is 555 g/mol. The Morgan fingerprint density at radius 3 is 2.58 bits per heavy atom. The number of rotatable bonds is 6. The molecule has 4 heterocycles. The van der Waals surface area contributed by atoms with Crippen LogP contribution in [0.4, 0.5) is 5.69 Å². The molecule has 4 aliphatic rings. The van der Waals surface area contributed by atoms with E-state index in [1.807, 2.05) is 22.7 Å². The highest BCUT2D eigenvalue weighted by molar-refractivity contribution is 6.53. The summed E-state index contributed by atoms with van der Waals surface area (Å²) >= 11 is 12.4. The van der Waals surface area contributed by atoms with E-state index in [1.54, 1.807) is 24.4 Å². The molecule has 1 unspecified atom stereocenters. The van der Waals surface area contributed by atoms with E-state index in [0.717, 1.165) is 23.3 Å². The summed E-state index contributed by atoms with van der Waals surface area (Å²) in [6.07, 6.45) is 6.61. The molecule has 1 saturated carbocycles. The normalized spacial score (nSPS) is 26.1. The number of carbonyl (C=O) groups is 4. The van der Waals surface area contributed by atoms with Crippen molar-refractivity contribution in [3.05, 3.63) is 59.6 Å². The number of likely N-dealkylation sites (tertiary alicyclic amines) is 1. The van der Waals surface area contributed by atoms with Gasteiger partial charge in [-0.15, -0.1) is 23.2 Å². The largest absolute Gasteiger partial charge is 0.380 e. The zero-order chi connectivity index (χ0) is 28.4. The zero-order valence-electron chi connectivity index (χ0n) is 22.1. The van der Waals surface area contributed by atoms with Crippen LogP contribution >= 0.6 is 23.2 Å². The first-order valence-corrected chi connectivity index (χ1v) is 14.2. The number of imide groups is 1. The molecule has 12 heteroatoms. The Morgan fingerprint density at radius 2 is 1.90 bits per heavy atom. The number of hydrogen-bond donors (Lipinski definition) is 2. The molecule has 6 rings (SSSR count). The van der Waals surface area contributed by atoms with Gasteiger partial charge in [-0.1, -0.05) is 12.6 Å². The van der Waals surface area contributed by atoms with Crippen LogP contribution in [0.15, 0.2) is 42.9 Å². The summed E-state index contributed by atoms with van der Waals surface area (Å²) in [5.41, 5.74) is 1.88. The van der Waals surface area contributed by atoms with Gasteiger partial charge in [0.1, 0.15) is 10.4 Å². The van der Waals surface area contributed by atoms with Crippen LogP contribution in [0.2, 0.25) is 0 Å². The zero-order valence-corrected chi connectivity index (χ0v) is 23.6. The van der Waals surface area contributed by atoms with E-state index in [0.29, 0.717) is 50.3 Å². The summed E-state index contributed by atoms with van der Waals surface area (Å²) in [5, 5.41) is 10.5. The summed E-state index contributed by atoms with van der Waals surface area (Å²) < 4.78 is 0.951. The summed E-state index contributed by atoms with van der Waals surface area (Å²) in [4.78, 5) is 54.8. The van der Waals surface area contributed by atoms with E-state index in [9.17, 15) is 19.2 Å². The topological polar surface area (TPSA) is 117 Å². The molecule has 2 aromatic rings. The minimum absolute atomic E-state index is 0.0119. The fourth-order valence-electron chi connectivity index (χ4n) is 5.92. The quantitative estimate of drug-likeness (QED) is 0.395. The van der Waals surface area contributed by atoms with Crippen molar-refractivity contribution < 1.29 is 19.2 Å². The molecule has 10 nitrogen and oxygen atoms in total. The fraction of sp³-hybridized carbons (Fsp3) is 0.464. The third-order valence-corrected chi connectivity index (χ3v) is 9.68. The second kappa shape index (κ2) is 9.62. The Kier molecular flexibility index (Phi) is 6.46. The number of allylic oxidation sites excluding steroid dienone is 1. The molecule has 3 fully saturated rings. The molecule has 4 amide bonds. The van der Waals surface area contributed by atoms with Crippen molar-refractivity contribution in [1.82, 2.24) is 24.9 Å². The molecule has 1 aromatic heterocycles. The van der Waals surface area contributed by atoms with E-state index in [2.05, 4.69) is 22.3 Å². The minimum atomic E-state index is -0.972. The van der Waals surface area contributed by atoms with E-state index in [-0.39, 0.29) is 23.1 Å². The number of benzene rings is 1. The van der Waals surface area contributed by atoms with Crippen molar-refractivity contribution in [3.63, 3.8) is 0 Å². The number of anilines is 1. The number of piperidine rings is 2. The molecule has 2 saturated heterocycles. The Bertz CT molecular complexity index is 1450. The molecule has 0 radical (unpaired) electrons. The molecular formula is C28H30Cl2N6O4. The van der Waals surface area contributed by atoms with Crippen LogP contribution in [0.1, 0.15) is 71.3 Å². The minimum Gasteiger partial charge on any atom is -0.380 e. The van der Waals surface area contributed by atoms with Crippen molar-refractivity contribution in [2.45, 2.75) is 62.0 Å². The Balaban J connectivity index is 1.09. The van der Waals surface area contributed by atoms with E-state index in [1.165, 1.54) is 0 Å². The fourth-order valence-corrected chi connectivity index (χ4v) is 6.62. The van der Waals surface area contributed by atoms with Gasteiger partial charge in [0.15, 0.2) is 0 Å². The van der Waals surface area contributed by atoms with Crippen molar-refractivity contribution in [3.8, 4) is 0 Å². The number of nitrogens with zero attached hydrogens (tertiary/aromatic N) is 4. The van der Waals surface area contributed by atoms with E-state index >= 15 is 0 Å². The van der Waals surface area contributed by atoms with Crippen molar-refractivity contribution in [2.24, 2.45) is 5.41 Å². The van der Waals surface area contributed by atoms with Crippen LogP contribution in [0.5, 0.6) is 0 Å². The summed E-state index contributed by atoms with van der Waals surface area (Å²) in [6.45, 7) is 7.22. The third kappa shape index (κ3) is 4.37. The average molecular weight is 585 g/mol. The number of fused-ring (bicyclic) bond motifs is 1. The number of carbonyl (C=O) groups excluding carboxylic acids is 4. The Labute approximate surface area is 241 Å². The number of amides is 4. The maximum atomic E-state index is 13.4. The number of aromatic nitrogens is 2. The monoisotopic (exact) mass is 584 g/mol. The predicted molar refractivity (Wildman–Crippen MR) is 149 cm³/mol. The molecule has 3 aliphatic heterocycles. The molecule has 1 aliphatic carbocycles. The third-order valence-electron chi connectivity index (χ3n) is 8.57. The summed E-state index contributed by atoms with van der Waals surface area (Å²) in [5.74, 6) is -1.32. The molecule has 1 aromatic carbocycles. The average Bonchev–Trinajstić information content (AvgIpc) is 3.22. The molecule has 2 N–H and O–H groups in total.